The van der Waals surface area contributed by atoms with Crippen molar-refractivity contribution in [1.82, 2.24) is 0 Å². The second kappa shape index (κ2) is 10.7. The van der Waals surface area contributed by atoms with E-state index in [1.165, 1.54) is 6.92 Å². The van der Waals surface area contributed by atoms with Gasteiger partial charge in [-0.15, -0.1) is 0 Å². The molecule has 0 aliphatic heterocycles. The number of fused-ring (bicyclic) bond motifs is 5. The van der Waals surface area contributed by atoms with Crippen LogP contribution in [0.25, 0.3) is 0 Å². The van der Waals surface area contributed by atoms with Gasteiger partial charge < -0.3 is 24.8 Å². The SMILES string of the molecule is CCC=CCC=CCCC(=O)OC1C(C)C2(O)C(C=C(CO)CC3(O)C(=O)C(C)=CC32)C2C(C)(C)C12OC(C)=O. The van der Waals surface area contributed by atoms with Crippen LogP contribution in [0.1, 0.15) is 73.6 Å². The van der Waals surface area contributed by atoms with Crippen LogP contribution >= 0.6 is 0 Å². The van der Waals surface area contributed by atoms with E-state index in [4.69, 9.17) is 9.47 Å². The topological polar surface area (TPSA) is 130 Å². The summed E-state index contributed by atoms with van der Waals surface area (Å²) in [6, 6.07) is 0. The number of ketones is 1. The van der Waals surface area contributed by atoms with Gasteiger partial charge in [0.2, 0.25) is 0 Å². The van der Waals surface area contributed by atoms with Crippen LogP contribution in [-0.2, 0) is 23.9 Å². The number of rotatable bonds is 9. The van der Waals surface area contributed by atoms with Crippen LogP contribution in [0.15, 0.2) is 47.6 Å². The quantitative estimate of drug-likeness (QED) is 0.289. The van der Waals surface area contributed by atoms with E-state index in [0.29, 0.717) is 17.6 Å². The highest BCUT2D eigenvalue weighted by atomic mass is 16.6. The minimum Gasteiger partial charge on any atom is -0.458 e. The third-order valence-corrected chi connectivity index (χ3v) is 9.89. The van der Waals surface area contributed by atoms with Gasteiger partial charge in [0, 0.05) is 48.9 Å². The lowest BCUT2D eigenvalue weighted by Crippen LogP contribution is -2.66. The van der Waals surface area contributed by atoms with E-state index < -0.39 is 76.3 Å². The second-order valence-electron chi connectivity index (χ2n) is 12.6. The Bertz CT molecular complexity index is 1180. The van der Waals surface area contributed by atoms with Crippen molar-refractivity contribution in [2.75, 3.05) is 6.61 Å². The first kappa shape index (κ1) is 30.4. The van der Waals surface area contributed by atoms with Gasteiger partial charge in [-0.2, -0.15) is 0 Å². The maximum Gasteiger partial charge on any atom is 0.306 e. The molecule has 4 rings (SSSR count). The summed E-state index contributed by atoms with van der Waals surface area (Å²) in [5, 5.41) is 34.6. The van der Waals surface area contributed by atoms with Crippen molar-refractivity contribution in [1.29, 1.82) is 0 Å². The fourth-order valence-electron chi connectivity index (χ4n) is 8.02. The minimum absolute atomic E-state index is 0.111. The van der Waals surface area contributed by atoms with E-state index in [1.807, 2.05) is 26.0 Å². The Labute approximate surface area is 236 Å². The molecule has 0 amide bonds. The van der Waals surface area contributed by atoms with Crippen molar-refractivity contribution < 1.29 is 39.2 Å². The molecule has 4 aliphatic rings. The molecule has 220 valence electrons. The van der Waals surface area contributed by atoms with Gasteiger partial charge in [0.05, 0.1) is 12.2 Å². The Morgan fingerprint density at radius 3 is 2.42 bits per heavy atom. The van der Waals surface area contributed by atoms with Crippen molar-refractivity contribution in [3.05, 3.63) is 47.6 Å². The highest BCUT2D eigenvalue weighted by molar-refractivity contribution is 6.04. The molecule has 0 heterocycles. The number of hydrogen-bond acceptors (Lipinski definition) is 8. The van der Waals surface area contributed by atoms with E-state index >= 15 is 0 Å². The summed E-state index contributed by atoms with van der Waals surface area (Å²) in [6.07, 6.45) is 12.6. The number of carbonyl (C=O) groups is 3. The minimum atomic E-state index is -1.94. The maximum absolute atomic E-state index is 13.2. The van der Waals surface area contributed by atoms with Crippen LogP contribution in [-0.4, -0.2) is 62.6 Å². The Hall–Kier alpha value is -2.55. The zero-order valence-corrected chi connectivity index (χ0v) is 24.5. The van der Waals surface area contributed by atoms with Crippen molar-refractivity contribution in [3.63, 3.8) is 0 Å². The van der Waals surface area contributed by atoms with Gasteiger partial charge in [0.1, 0.15) is 11.7 Å². The van der Waals surface area contributed by atoms with Crippen molar-refractivity contribution in [2.24, 2.45) is 29.1 Å². The van der Waals surface area contributed by atoms with Gasteiger partial charge in [-0.05, 0) is 37.3 Å². The van der Waals surface area contributed by atoms with Crippen molar-refractivity contribution >= 4 is 17.7 Å². The lowest BCUT2D eigenvalue weighted by Gasteiger charge is -2.53. The van der Waals surface area contributed by atoms with Crippen LogP contribution in [0.4, 0.5) is 0 Å². The molecule has 2 saturated carbocycles. The maximum atomic E-state index is 13.2. The number of Topliss-reactive ketones (excluding diaryl/α,β-unsaturated/α-hetero) is 1. The lowest BCUT2D eigenvalue weighted by atomic mass is 9.59. The fraction of sp³-hybridized carbons (Fsp3) is 0.656. The number of aliphatic hydroxyl groups excluding tert-OH is 1. The molecule has 0 aromatic rings. The molecule has 0 radical (unpaired) electrons. The fourth-order valence-corrected chi connectivity index (χ4v) is 8.02. The third kappa shape index (κ3) is 4.43. The van der Waals surface area contributed by atoms with Gasteiger partial charge in [0.25, 0.3) is 0 Å². The van der Waals surface area contributed by atoms with Gasteiger partial charge in [-0.3, -0.25) is 14.4 Å². The van der Waals surface area contributed by atoms with Crippen LogP contribution in [0.3, 0.4) is 0 Å². The highest BCUT2D eigenvalue weighted by Gasteiger charge is 2.87. The molecule has 8 atom stereocenters. The third-order valence-electron chi connectivity index (χ3n) is 9.89. The van der Waals surface area contributed by atoms with Crippen molar-refractivity contribution in [2.45, 2.75) is 96.6 Å². The van der Waals surface area contributed by atoms with Crippen LogP contribution in [0, 0.1) is 29.1 Å². The first-order valence-electron chi connectivity index (χ1n) is 14.4. The molecule has 8 unspecified atom stereocenters. The van der Waals surface area contributed by atoms with Crippen molar-refractivity contribution in [3.8, 4) is 0 Å². The molecular weight excluding hydrogens is 512 g/mol. The number of aliphatic hydroxyl groups is 3. The Morgan fingerprint density at radius 1 is 1.12 bits per heavy atom. The van der Waals surface area contributed by atoms with Gasteiger partial charge in [0.15, 0.2) is 11.4 Å². The lowest BCUT2D eigenvalue weighted by molar-refractivity contribution is -0.228. The molecule has 0 spiro atoms. The smallest absolute Gasteiger partial charge is 0.306 e. The Morgan fingerprint density at radius 2 is 1.80 bits per heavy atom. The largest absolute Gasteiger partial charge is 0.458 e. The predicted molar refractivity (Wildman–Crippen MR) is 149 cm³/mol. The summed E-state index contributed by atoms with van der Waals surface area (Å²) < 4.78 is 12.1. The van der Waals surface area contributed by atoms with Crippen LogP contribution < -0.4 is 0 Å². The summed E-state index contributed by atoms with van der Waals surface area (Å²) in [7, 11) is 0. The molecule has 4 aliphatic carbocycles. The normalized spacial score (nSPS) is 39.6. The van der Waals surface area contributed by atoms with E-state index in [1.54, 1.807) is 26.0 Å². The molecule has 3 N–H and O–H groups in total. The van der Waals surface area contributed by atoms with Gasteiger partial charge in [-0.1, -0.05) is 64.2 Å². The Kier molecular flexibility index (Phi) is 8.13. The average molecular weight is 557 g/mol. The predicted octanol–water partition coefficient (Wildman–Crippen LogP) is 3.74. The van der Waals surface area contributed by atoms with E-state index in [9.17, 15) is 29.7 Å². The molecule has 8 nitrogen and oxygen atoms in total. The molecule has 2 fully saturated rings. The molecule has 0 aromatic heterocycles. The van der Waals surface area contributed by atoms with Crippen LogP contribution in [0.2, 0.25) is 0 Å². The number of esters is 2. The summed E-state index contributed by atoms with van der Waals surface area (Å²) in [4.78, 5) is 38.8. The van der Waals surface area contributed by atoms with E-state index in [0.717, 1.165) is 12.8 Å². The molecule has 40 heavy (non-hydrogen) atoms. The van der Waals surface area contributed by atoms with Crippen LogP contribution in [0.5, 0.6) is 0 Å². The molecule has 0 bridgehead atoms. The summed E-state index contributed by atoms with van der Waals surface area (Å²) in [6.45, 7) is 10.1. The zero-order chi connectivity index (χ0) is 29.7. The second-order valence-corrected chi connectivity index (χ2v) is 12.6. The number of allylic oxidation sites excluding steroid dienone is 4. The van der Waals surface area contributed by atoms with E-state index in [2.05, 4.69) is 19.1 Å². The summed E-state index contributed by atoms with van der Waals surface area (Å²) >= 11 is 0. The summed E-state index contributed by atoms with van der Waals surface area (Å²) in [5.41, 5.74) is -4.81. The first-order valence-corrected chi connectivity index (χ1v) is 14.4. The van der Waals surface area contributed by atoms with E-state index in [-0.39, 0.29) is 12.8 Å². The average Bonchev–Trinajstić information content (AvgIpc) is 3.31. The summed E-state index contributed by atoms with van der Waals surface area (Å²) in [5.74, 6) is -4.48. The molecule has 0 saturated heterocycles. The standard InChI is InChI=1S/C32H44O8/c1-7-8-9-10-11-12-13-14-25(35)39-28-20(3)31(38)23(26-29(5,6)32(26,28)40-21(4)34)16-22(18-33)17-30(37)24(31)15-19(2)27(30)36/h8-9,11-12,15-16,20,23-24,26,28,33,37-38H,7,10,13-14,17-18H2,1-6H3. The molecule has 8 heteroatoms. The number of carbonyl (C=O) groups excluding carboxylic acids is 3. The monoisotopic (exact) mass is 556 g/mol. The number of ether oxygens (including phenoxy) is 2. The molecule has 0 aromatic carbocycles. The van der Waals surface area contributed by atoms with Gasteiger partial charge >= 0.3 is 11.9 Å². The zero-order valence-electron chi connectivity index (χ0n) is 24.5. The molecular formula is C32H44O8. The van der Waals surface area contributed by atoms with Gasteiger partial charge in [-0.25, -0.2) is 0 Å². The Balaban J connectivity index is 1.73. The highest BCUT2D eigenvalue weighted by Crippen LogP contribution is 2.77. The first-order chi connectivity index (χ1) is 18.7. The number of hydrogen-bond donors (Lipinski definition) is 3.